The first kappa shape index (κ1) is 22.4. The highest BCUT2D eigenvalue weighted by molar-refractivity contribution is 7.99. The number of halogens is 3. The van der Waals surface area contributed by atoms with Crippen molar-refractivity contribution in [1.29, 1.82) is 0 Å². The average molecular weight is 497 g/mol. The van der Waals surface area contributed by atoms with E-state index in [1.807, 2.05) is 36.4 Å². The van der Waals surface area contributed by atoms with Gasteiger partial charge in [0.25, 0.3) is 0 Å². The van der Waals surface area contributed by atoms with Crippen LogP contribution in [0.25, 0.3) is 22.3 Å². The molecule has 176 valence electrons. The third-order valence-corrected chi connectivity index (χ3v) is 5.85. The summed E-state index contributed by atoms with van der Waals surface area (Å²) in [6.07, 6.45) is -1.53. The first-order valence-electron chi connectivity index (χ1n) is 10.00. The predicted octanol–water partition coefficient (Wildman–Crippen LogP) is 5.82. The number of hydrogen-bond donors (Lipinski definition) is 3. The second-order valence-corrected chi connectivity index (χ2v) is 8.25. The zero-order chi connectivity index (χ0) is 24.4. The van der Waals surface area contributed by atoms with Gasteiger partial charge in [0.2, 0.25) is 5.76 Å². The molecular weight excluding hydrogens is 483 g/mol. The maximum atomic E-state index is 12.6. The van der Waals surface area contributed by atoms with Gasteiger partial charge in [0.05, 0.1) is 17.3 Å². The molecule has 0 fully saturated rings. The third kappa shape index (κ3) is 4.94. The molecular formula is C22H14F3N7O2S. The van der Waals surface area contributed by atoms with Crippen molar-refractivity contribution in [2.24, 2.45) is 0 Å². The van der Waals surface area contributed by atoms with Crippen molar-refractivity contribution >= 4 is 40.3 Å². The Hall–Kier alpha value is -4.39. The topological polar surface area (TPSA) is 122 Å². The van der Waals surface area contributed by atoms with E-state index in [-0.39, 0.29) is 5.82 Å². The largest absolute Gasteiger partial charge is 0.452 e. The minimum absolute atomic E-state index is 0.352. The number of urea groups is 1. The molecule has 3 aromatic heterocycles. The van der Waals surface area contributed by atoms with Crippen LogP contribution in [-0.4, -0.2) is 31.4 Å². The van der Waals surface area contributed by atoms with Crippen LogP contribution >= 0.6 is 11.8 Å². The number of nitrogens with one attached hydrogen (secondary N) is 3. The standard InChI is InChI=1S/C22H14F3N7O2S/c23-22(24,25)17-9-18(32-34-17)30-21(33)29-12-5-7-13(8-6-12)35-16-4-2-1-3-14(16)19-15-10-28-31-20(15)27-11-26-19/h1-11H,(H,26,27,28,31)(H2,29,30,32,33). The number of hydrogen-bond acceptors (Lipinski definition) is 7. The lowest BCUT2D eigenvalue weighted by molar-refractivity contribution is -0.155. The number of nitrogens with zero attached hydrogens (tertiary/aromatic N) is 4. The number of carbonyl (C=O) groups excluding carboxylic acids is 1. The van der Waals surface area contributed by atoms with Gasteiger partial charge in [-0.05, 0) is 30.3 Å². The van der Waals surface area contributed by atoms with Gasteiger partial charge >= 0.3 is 12.2 Å². The summed E-state index contributed by atoms with van der Waals surface area (Å²) in [5.74, 6) is -1.65. The number of rotatable bonds is 5. The molecule has 0 saturated carbocycles. The van der Waals surface area contributed by atoms with E-state index < -0.39 is 18.0 Å². The van der Waals surface area contributed by atoms with E-state index in [4.69, 9.17) is 0 Å². The van der Waals surface area contributed by atoms with Gasteiger partial charge in [-0.2, -0.15) is 18.3 Å². The Kier molecular flexibility index (Phi) is 5.82. The highest BCUT2D eigenvalue weighted by Crippen LogP contribution is 2.37. The van der Waals surface area contributed by atoms with Crippen molar-refractivity contribution in [2.75, 3.05) is 10.6 Å². The number of alkyl halides is 3. The van der Waals surface area contributed by atoms with Crippen molar-refractivity contribution in [1.82, 2.24) is 25.3 Å². The Morgan fingerprint density at radius 2 is 1.83 bits per heavy atom. The molecule has 0 aliphatic carbocycles. The normalized spacial score (nSPS) is 11.5. The van der Waals surface area contributed by atoms with Gasteiger partial charge in [0.15, 0.2) is 11.5 Å². The molecule has 9 nitrogen and oxygen atoms in total. The van der Waals surface area contributed by atoms with Crippen LogP contribution in [0.2, 0.25) is 0 Å². The summed E-state index contributed by atoms with van der Waals surface area (Å²) >= 11 is 1.51. The fourth-order valence-electron chi connectivity index (χ4n) is 3.21. The molecule has 0 bridgehead atoms. The van der Waals surface area contributed by atoms with Gasteiger partial charge in [0.1, 0.15) is 6.33 Å². The number of anilines is 2. The molecule has 5 rings (SSSR count). The Bertz CT molecular complexity index is 1500. The molecule has 0 saturated heterocycles. The molecule has 3 heterocycles. The van der Waals surface area contributed by atoms with Crippen molar-refractivity contribution in [2.45, 2.75) is 16.0 Å². The van der Waals surface area contributed by atoms with Crippen LogP contribution in [0.5, 0.6) is 0 Å². The number of carbonyl (C=O) groups is 1. The summed E-state index contributed by atoms with van der Waals surface area (Å²) in [4.78, 5) is 22.6. The summed E-state index contributed by atoms with van der Waals surface area (Å²) in [5.41, 5.74) is 2.75. The third-order valence-electron chi connectivity index (χ3n) is 4.76. The van der Waals surface area contributed by atoms with E-state index in [1.54, 1.807) is 18.3 Å². The van der Waals surface area contributed by atoms with E-state index in [0.717, 1.165) is 26.4 Å². The van der Waals surface area contributed by atoms with Gasteiger partial charge in [-0.25, -0.2) is 14.8 Å². The average Bonchev–Trinajstić information content (AvgIpc) is 3.50. The smallest absolute Gasteiger partial charge is 0.349 e. The van der Waals surface area contributed by atoms with E-state index in [0.29, 0.717) is 17.4 Å². The zero-order valence-corrected chi connectivity index (χ0v) is 18.3. The van der Waals surface area contributed by atoms with Crippen LogP contribution in [0.3, 0.4) is 0 Å². The molecule has 13 heteroatoms. The summed E-state index contributed by atoms with van der Waals surface area (Å²) < 4.78 is 41.9. The Morgan fingerprint density at radius 3 is 2.60 bits per heavy atom. The molecule has 2 aromatic carbocycles. The van der Waals surface area contributed by atoms with E-state index >= 15 is 0 Å². The fourth-order valence-corrected chi connectivity index (χ4v) is 4.16. The molecule has 0 unspecified atom stereocenters. The Morgan fingerprint density at radius 1 is 1.03 bits per heavy atom. The van der Waals surface area contributed by atoms with Crippen LogP contribution in [0, 0.1) is 0 Å². The number of amides is 2. The second-order valence-electron chi connectivity index (χ2n) is 7.13. The number of benzene rings is 2. The van der Waals surface area contributed by atoms with Crippen LogP contribution in [0.4, 0.5) is 29.5 Å². The maximum absolute atomic E-state index is 12.6. The second kappa shape index (κ2) is 9.10. The summed E-state index contributed by atoms with van der Waals surface area (Å²) in [6, 6.07) is 14.6. The molecule has 3 N–H and O–H groups in total. The lowest BCUT2D eigenvalue weighted by Crippen LogP contribution is -2.19. The van der Waals surface area contributed by atoms with Gasteiger partial charge in [0, 0.05) is 27.1 Å². The van der Waals surface area contributed by atoms with Gasteiger partial charge in [-0.15, -0.1) is 0 Å². The Labute approximate surface area is 199 Å². The van der Waals surface area contributed by atoms with Crippen molar-refractivity contribution in [3.05, 3.63) is 72.9 Å². The van der Waals surface area contributed by atoms with Crippen molar-refractivity contribution in [3.63, 3.8) is 0 Å². The van der Waals surface area contributed by atoms with Gasteiger partial charge < -0.3 is 9.84 Å². The van der Waals surface area contributed by atoms with Crippen LogP contribution in [0.15, 0.2) is 81.4 Å². The highest BCUT2D eigenvalue weighted by Gasteiger charge is 2.36. The summed E-state index contributed by atoms with van der Waals surface area (Å²) in [6.45, 7) is 0. The lowest BCUT2D eigenvalue weighted by atomic mass is 10.1. The maximum Gasteiger partial charge on any atom is 0.452 e. The minimum Gasteiger partial charge on any atom is -0.349 e. The predicted molar refractivity (Wildman–Crippen MR) is 122 cm³/mol. The zero-order valence-electron chi connectivity index (χ0n) is 17.5. The van der Waals surface area contributed by atoms with E-state index in [9.17, 15) is 18.0 Å². The fraction of sp³-hybridized carbons (Fsp3) is 0.0455. The first-order valence-corrected chi connectivity index (χ1v) is 10.8. The lowest BCUT2D eigenvalue weighted by Gasteiger charge is -2.10. The van der Waals surface area contributed by atoms with Crippen LogP contribution < -0.4 is 10.6 Å². The molecule has 5 aromatic rings. The molecule has 0 aliphatic rings. The summed E-state index contributed by atoms with van der Waals surface area (Å²) in [7, 11) is 0. The van der Waals surface area contributed by atoms with Crippen LogP contribution in [0.1, 0.15) is 5.76 Å². The SMILES string of the molecule is O=C(Nc1ccc(Sc2ccccc2-c2ncnc3[nH]ncc23)cc1)Nc1cc(C(F)(F)F)on1. The number of aromatic nitrogens is 5. The monoisotopic (exact) mass is 497 g/mol. The number of aromatic amines is 1. The quantitative estimate of drug-likeness (QED) is 0.280. The molecule has 0 aliphatic heterocycles. The van der Waals surface area contributed by atoms with Crippen molar-refractivity contribution < 1.29 is 22.5 Å². The molecule has 2 amide bonds. The number of H-pyrrole nitrogens is 1. The first-order chi connectivity index (χ1) is 16.9. The van der Waals surface area contributed by atoms with Crippen LogP contribution in [-0.2, 0) is 6.18 Å². The highest BCUT2D eigenvalue weighted by atomic mass is 32.2. The molecule has 35 heavy (non-hydrogen) atoms. The molecule has 0 spiro atoms. The van der Waals surface area contributed by atoms with E-state index in [1.165, 1.54) is 18.1 Å². The van der Waals surface area contributed by atoms with Crippen molar-refractivity contribution in [3.8, 4) is 11.3 Å². The van der Waals surface area contributed by atoms with Gasteiger partial charge in [-0.3, -0.25) is 10.4 Å². The number of fused-ring (bicyclic) bond motifs is 1. The minimum atomic E-state index is -4.69. The molecule has 0 atom stereocenters. The van der Waals surface area contributed by atoms with E-state index in [2.05, 4.69) is 40.5 Å². The van der Waals surface area contributed by atoms with Gasteiger partial charge in [-0.1, -0.05) is 35.1 Å². The summed E-state index contributed by atoms with van der Waals surface area (Å²) in [5, 5.41) is 15.6. The Balaban J connectivity index is 1.28. The molecule has 0 radical (unpaired) electrons.